The first-order chi connectivity index (χ1) is 17.5. The monoisotopic (exact) mass is 552 g/mol. The second-order valence-electron chi connectivity index (χ2n) is 9.03. The summed E-state index contributed by atoms with van der Waals surface area (Å²) in [4.78, 5) is 19.5. The number of aromatic nitrogens is 1. The predicted octanol–water partition coefficient (Wildman–Crippen LogP) is 4.48. The third kappa shape index (κ3) is 6.13. The molecule has 7 nitrogen and oxygen atoms in total. The fraction of sp³-hybridized carbons (Fsp3) is 0.360. The van der Waals surface area contributed by atoms with Gasteiger partial charge in [0.05, 0.1) is 10.5 Å². The molecule has 1 aromatic heterocycles. The van der Waals surface area contributed by atoms with Crippen molar-refractivity contribution in [1.29, 1.82) is 0 Å². The number of piperazine rings is 1. The van der Waals surface area contributed by atoms with Crippen molar-refractivity contribution in [2.24, 2.45) is 0 Å². The van der Waals surface area contributed by atoms with E-state index >= 15 is 0 Å². The molecule has 0 bridgehead atoms. The van der Waals surface area contributed by atoms with E-state index in [1.165, 1.54) is 27.8 Å². The van der Waals surface area contributed by atoms with Gasteiger partial charge in [0.15, 0.2) is 5.13 Å². The quantitative estimate of drug-likeness (QED) is 0.468. The Morgan fingerprint density at radius 1 is 1.11 bits per heavy atom. The molecule has 1 N–H and O–H groups in total. The number of nitrogens with one attached hydrogen (secondary N) is 1. The Kier molecular flexibility index (Phi) is 7.91. The van der Waals surface area contributed by atoms with E-state index in [4.69, 9.17) is 0 Å². The van der Waals surface area contributed by atoms with E-state index in [9.17, 15) is 26.4 Å². The Bertz CT molecular complexity index is 1310. The van der Waals surface area contributed by atoms with Gasteiger partial charge in [-0.1, -0.05) is 38.1 Å². The number of sulfonamides is 1. The molecule has 1 aliphatic heterocycles. The van der Waals surface area contributed by atoms with E-state index in [1.54, 1.807) is 35.8 Å². The zero-order valence-electron chi connectivity index (χ0n) is 20.3. The van der Waals surface area contributed by atoms with Crippen molar-refractivity contribution in [1.82, 2.24) is 14.6 Å². The highest BCUT2D eigenvalue weighted by molar-refractivity contribution is 7.89. The highest BCUT2D eigenvalue weighted by Gasteiger charge is 2.40. The van der Waals surface area contributed by atoms with Crippen LogP contribution in [0.25, 0.3) is 0 Å². The minimum atomic E-state index is -4.45. The molecule has 198 valence electrons. The van der Waals surface area contributed by atoms with Crippen LogP contribution in [0.15, 0.2) is 65.0 Å². The molecule has 0 radical (unpaired) electrons. The molecule has 0 spiro atoms. The first-order valence-corrected chi connectivity index (χ1v) is 14.0. The summed E-state index contributed by atoms with van der Waals surface area (Å²) >= 11 is 1.39. The smallest absolute Gasteiger partial charge is 0.351 e. The predicted molar refractivity (Wildman–Crippen MR) is 136 cm³/mol. The summed E-state index contributed by atoms with van der Waals surface area (Å²) in [5.74, 6) is -0.300. The van der Waals surface area contributed by atoms with Crippen LogP contribution in [0, 0.1) is 0 Å². The molecular weight excluding hydrogens is 525 g/mol. The van der Waals surface area contributed by atoms with Gasteiger partial charge in [0.2, 0.25) is 15.9 Å². The molecule has 2 aromatic carbocycles. The highest BCUT2D eigenvalue weighted by Crippen LogP contribution is 2.30. The van der Waals surface area contributed by atoms with Gasteiger partial charge in [-0.05, 0) is 41.3 Å². The number of anilines is 1. The van der Waals surface area contributed by atoms with E-state index < -0.39 is 33.7 Å². The van der Waals surface area contributed by atoms with E-state index in [-0.39, 0.29) is 30.4 Å². The normalized spacial score (nSPS) is 17.2. The zero-order chi connectivity index (χ0) is 26.8. The van der Waals surface area contributed by atoms with Crippen LogP contribution in [-0.2, 0) is 27.5 Å². The number of nitrogens with zero attached hydrogens (tertiary/aromatic N) is 3. The molecule has 2 heterocycles. The van der Waals surface area contributed by atoms with Crippen molar-refractivity contribution in [2.45, 2.75) is 43.4 Å². The second-order valence-corrected chi connectivity index (χ2v) is 11.8. The lowest BCUT2D eigenvalue weighted by Crippen LogP contribution is -2.60. The molecule has 0 saturated carbocycles. The lowest BCUT2D eigenvalue weighted by Gasteiger charge is -2.39. The fourth-order valence-electron chi connectivity index (χ4n) is 4.09. The molecule has 1 saturated heterocycles. The van der Waals surface area contributed by atoms with Crippen molar-refractivity contribution in [3.63, 3.8) is 0 Å². The molecule has 1 unspecified atom stereocenters. The Balaban J connectivity index is 1.55. The van der Waals surface area contributed by atoms with Crippen LogP contribution in [0.2, 0.25) is 0 Å². The SMILES string of the molecule is CC(C)c1ccc(S(=O)(=O)N2CCN(c3nccs3)CC2C(=O)NCc2ccc(C(F)(F)F)cc2)cc1. The largest absolute Gasteiger partial charge is 0.416 e. The van der Waals surface area contributed by atoms with Gasteiger partial charge in [-0.3, -0.25) is 4.79 Å². The topological polar surface area (TPSA) is 82.6 Å². The van der Waals surface area contributed by atoms with Crippen molar-refractivity contribution < 1.29 is 26.4 Å². The van der Waals surface area contributed by atoms with Crippen LogP contribution in [0.1, 0.15) is 36.5 Å². The average molecular weight is 553 g/mol. The van der Waals surface area contributed by atoms with Gasteiger partial charge in [-0.15, -0.1) is 11.3 Å². The van der Waals surface area contributed by atoms with Crippen molar-refractivity contribution in [3.8, 4) is 0 Å². The van der Waals surface area contributed by atoms with E-state index in [1.807, 2.05) is 18.7 Å². The van der Waals surface area contributed by atoms with Gasteiger partial charge < -0.3 is 10.2 Å². The van der Waals surface area contributed by atoms with Crippen LogP contribution in [-0.4, -0.2) is 49.3 Å². The number of carbonyl (C=O) groups excluding carboxylic acids is 1. The van der Waals surface area contributed by atoms with E-state index in [0.717, 1.165) is 17.7 Å². The van der Waals surface area contributed by atoms with Gasteiger partial charge in [0, 0.05) is 37.8 Å². The summed E-state index contributed by atoms with van der Waals surface area (Å²) in [6, 6.07) is 10.1. The summed E-state index contributed by atoms with van der Waals surface area (Å²) in [5.41, 5.74) is 0.681. The van der Waals surface area contributed by atoms with E-state index in [2.05, 4.69) is 10.3 Å². The molecule has 4 rings (SSSR count). The number of alkyl halides is 3. The molecule has 1 aliphatic rings. The summed E-state index contributed by atoms with van der Waals surface area (Å²) in [5, 5.41) is 5.18. The van der Waals surface area contributed by atoms with Crippen LogP contribution in [0.4, 0.5) is 18.3 Å². The highest BCUT2D eigenvalue weighted by atomic mass is 32.2. The number of hydrogen-bond donors (Lipinski definition) is 1. The van der Waals surface area contributed by atoms with Crippen LogP contribution in [0.3, 0.4) is 0 Å². The molecule has 12 heteroatoms. The fourth-order valence-corrected chi connectivity index (χ4v) is 6.34. The number of rotatable bonds is 7. The minimum absolute atomic E-state index is 0.0400. The minimum Gasteiger partial charge on any atom is -0.351 e. The molecule has 1 fully saturated rings. The van der Waals surface area contributed by atoms with Gasteiger partial charge in [0.25, 0.3) is 0 Å². The number of amides is 1. The number of thiazole rings is 1. The third-order valence-electron chi connectivity index (χ3n) is 6.23. The number of carbonyl (C=O) groups is 1. The molecule has 3 aromatic rings. The van der Waals surface area contributed by atoms with Crippen molar-refractivity contribution in [3.05, 3.63) is 76.8 Å². The number of halogens is 3. The Morgan fingerprint density at radius 2 is 1.78 bits per heavy atom. The second kappa shape index (κ2) is 10.8. The summed E-state index contributed by atoms with van der Waals surface area (Å²) in [6.45, 7) is 4.51. The van der Waals surface area contributed by atoms with Gasteiger partial charge in [-0.25, -0.2) is 13.4 Å². The summed E-state index contributed by atoms with van der Waals surface area (Å²) in [7, 11) is -3.99. The van der Waals surface area contributed by atoms with Gasteiger partial charge >= 0.3 is 6.18 Å². The van der Waals surface area contributed by atoms with Crippen LogP contribution >= 0.6 is 11.3 Å². The Morgan fingerprint density at radius 3 is 2.35 bits per heavy atom. The molecule has 37 heavy (non-hydrogen) atoms. The zero-order valence-corrected chi connectivity index (χ0v) is 21.9. The third-order valence-corrected chi connectivity index (χ3v) is 8.98. The maximum absolute atomic E-state index is 13.6. The first kappa shape index (κ1) is 27.1. The lowest BCUT2D eigenvalue weighted by atomic mass is 10.0. The summed E-state index contributed by atoms with van der Waals surface area (Å²) in [6.07, 6.45) is -2.82. The first-order valence-electron chi connectivity index (χ1n) is 11.7. The van der Waals surface area contributed by atoms with Crippen LogP contribution < -0.4 is 10.2 Å². The van der Waals surface area contributed by atoms with Gasteiger partial charge in [0.1, 0.15) is 6.04 Å². The van der Waals surface area contributed by atoms with E-state index in [0.29, 0.717) is 17.2 Å². The maximum atomic E-state index is 13.6. The number of hydrogen-bond acceptors (Lipinski definition) is 6. The lowest BCUT2D eigenvalue weighted by molar-refractivity contribution is -0.137. The maximum Gasteiger partial charge on any atom is 0.416 e. The summed E-state index contributed by atoms with van der Waals surface area (Å²) < 4.78 is 66.9. The Labute approximate surface area is 218 Å². The number of benzene rings is 2. The Hall–Kier alpha value is -2.96. The molecule has 1 amide bonds. The molecule has 1 atom stereocenters. The van der Waals surface area contributed by atoms with Crippen molar-refractivity contribution in [2.75, 3.05) is 24.5 Å². The van der Waals surface area contributed by atoms with Gasteiger partial charge in [-0.2, -0.15) is 17.5 Å². The molecule has 0 aliphatic carbocycles. The van der Waals surface area contributed by atoms with Crippen molar-refractivity contribution >= 4 is 32.4 Å². The average Bonchev–Trinajstić information content (AvgIpc) is 3.42. The molecular formula is C25H27F3N4O3S2. The standard InChI is InChI=1S/C25H27F3N4O3S2/c1-17(2)19-5-9-21(10-6-19)37(34,35)32-13-12-31(24-29-11-14-36-24)16-22(32)23(33)30-15-18-3-7-20(8-4-18)25(26,27)28/h3-11,14,17,22H,12-13,15-16H2,1-2H3,(H,30,33). The van der Waals surface area contributed by atoms with Crippen LogP contribution in [0.5, 0.6) is 0 Å².